The number of nitrogens with zero attached hydrogens (tertiary/aromatic N) is 1. The van der Waals surface area contributed by atoms with Crippen LogP contribution in [0.25, 0.3) is 10.9 Å². The van der Waals surface area contributed by atoms with Crippen molar-refractivity contribution in [2.45, 2.75) is 43.2 Å². The van der Waals surface area contributed by atoms with Gasteiger partial charge >= 0.3 is 5.97 Å². The van der Waals surface area contributed by atoms with Gasteiger partial charge in [0.1, 0.15) is 11.4 Å². The highest BCUT2D eigenvalue weighted by Gasteiger charge is 2.29. The van der Waals surface area contributed by atoms with Crippen molar-refractivity contribution < 1.29 is 14.3 Å². The second kappa shape index (κ2) is 8.17. The Bertz CT molecular complexity index is 915. The fraction of sp³-hybridized carbons (Fsp3) is 0.412. The van der Waals surface area contributed by atoms with Gasteiger partial charge in [0.2, 0.25) is 5.43 Å². The van der Waals surface area contributed by atoms with Gasteiger partial charge in [-0.3, -0.25) is 4.79 Å². The number of aromatic carboxylic acids is 1. The number of nitrogens with two attached hydrogens (primary N) is 1. The zero-order valence-corrected chi connectivity index (χ0v) is 16.4. The van der Waals surface area contributed by atoms with E-state index in [2.05, 4.69) is 0 Å². The van der Waals surface area contributed by atoms with Crippen LogP contribution < -0.4 is 11.2 Å². The fourth-order valence-corrected chi connectivity index (χ4v) is 4.15. The smallest absolute Gasteiger partial charge is 0.341 e. The van der Waals surface area contributed by atoms with Crippen molar-refractivity contribution in [3.63, 3.8) is 0 Å². The Labute approximate surface area is 165 Å². The third kappa shape index (κ3) is 3.86. The van der Waals surface area contributed by atoms with Gasteiger partial charge in [-0.05, 0) is 25.3 Å². The van der Waals surface area contributed by atoms with Gasteiger partial charge in [0, 0.05) is 24.0 Å². The molecule has 142 valence electrons. The molecule has 0 saturated heterocycles. The van der Waals surface area contributed by atoms with Crippen LogP contribution in [-0.4, -0.2) is 27.4 Å². The summed E-state index contributed by atoms with van der Waals surface area (Å²) in [5.74, 6) is -1.46. The van der Waals surface area contributed by atoms with E-state index >= 15 is 0 Å². The van der Waals surface area contributed by atoms with Gasteiger partial charge in [-0.2, -0.15) is 0 Å². The number of hydrogen-bond acceptors (Lipinski definition) is 4. The van der Waals surface area contributed by atoms with E-state index in [0.29, 0.717) is 11.3 Å². The second-order valence-corrected chi connectivity index (χ2v) is 7.60. The molecule has 9 heteroatoms. The number of carboxylic acid groups (broad SMARTS) is 1. The molecule has 0 amide bonds. The van der Waals surface area contributed by atoms with Gasteiger partial charge < -0.3 is 15.4 Å². The monoisotopic (exact) mass is 420 g/mol. The SMILES string of the molecule is CCC(N)CSc1c(F)cc2c(=O)c(C(=O)O)cn(C3CC3)c2c1Cl.Cl. The van der Waals surface area contributed by atoms with Crippen molar-refractivity contribution in [2.75, 3.05) is 5.75 Å². The summed E-state index contributed by atoms with van der Waals surface area (Å²) in [4.78, 5) is 24.0. The summed E-state index contributed by atoms with van der Waals surface area (Å²) < 4.78 is 16.3. The number of pyridine rings is 1. The molecule has 2 aromatic rings. The first-order chi connectivity index (χ1) is 11.8. The molecule has 1 aliphatic rings. The molecule has 0 spiro atoms. The molecule has 3 rings (SSSR count). The first-order valence-electron chi connectivity index (χ1n) is 8.03. The number of carbonyl (C=O) groups is 1. The van der Waals surface area contributed by atoms with Crippen molar-refractivity contribution in [3.8, 4) is 0 Å². The van der Waals surface area contributed by atoms with Gasteiger partial charge in [0.15, 0.2) is 0 Å². The van der Waals surface area contributed by atoms with Gasteiger partial charge in [-0.1, -0.05) is 18.5 Å². The Kier molecular flexibility index (Phi) is 6.60. The summed E-state index contributed by atoms with van der Waals surface area (Å²) in [5.41, 5.74) is 5.20. The highest BCUT2D eigenvalue weighted by atomic mass is 35.5. The van der Waals surface area contributed by atoms with Crippen molar-refractivity contribution in [1.29, 1.82) is 0 Å². The third-order valence-electron chi connectivity index (χ3n) is 4.30. The molecule has 1 aromatic heterocycles. The maximum Gasteiger partial charge on any atom is 0.341 e. The number of fused-ring (bicyclic) bond motifs is 1. The molecule has 26 heavy (non-hydrogen) atoms. The number of aromatic nitrogens is 1. The van der Waals surface area contributed by atoms with Gasteiger partial charge in [0.05, 0.1) is 20.8 Å². The van der Waals surface area contributed by atoms with Crippen LogP contribution in [0.1, 0.15) is 42.6 Å². The van der Waals surface area contributed by atoms with E-state index in [1.807, 2.05) is 6.92 Å². The highest BCUT2D eigenvalue weighted by molar-refractivity contribution is 7.99. The molecule has 1 fully saturated rings. The largest absolute Gasteiger partial charge is 0.477 e. The average molecular weight is 421 g/mol. The van der Waals surface area contributed by atoms with Crippen molar-refractivity contribution >= 4 is 52.6 Å². The number of benzene rings is 1. The molecule has 1 atom stereocenters. The fourth-order valence-electron chi connectivity index (χ4n) is 2.66. The van der Waals surface area contributed by atoms with E-state index in [1.165, 1.54) is 18.0 Å². The van der Waals surface area contributed by atoms with Crippen molar-refractivity contribution in [2.24, 2.45) is 5.73 Å². The molecular weight excluding hydrogens is 402 g/mol. The normalized spacial score (nSPS) is 14.9. The lowest BCUT2D eigenvalue weighted by Gasteiger charge is -2.16. The molecule has 1 saturated carbocycles. The summed E-state index contributed by atoms with van der Waals surface area (Å²) in [6.07, 6.45) is 3.82. The zero-order chi connectivity index (χ0) is 18.3. The standard InChI is InChI=1S/C17H18ClFN2O3S.ClH/c1-2-8(20)7-25-16-12(19)5-10-14(13(16)18)21(9-3-4-9)6-11(15(10)22)17(23)24;/h5-6,8-9H,2-4,7,20H2,1H3,(H,23,24);1H. The number of hydrogen-bond donors (Lipinski definition) is 2. The molecular formula is C17H19Cl2FN2O3S. The molecule has 1 unspecified atom stereocenters. The Morgan fingerprint density at radius 2 is 2.19 bits per heavy atom. The molecule has 0 radical (unpaired) electrons. The Hall–Kier alpha value is -1.28. The van der Waals surface area contributed by atoms with Gasteiger partial charge in [0.25, 0.3) is 0 Å². The Balaban J connectivity index is 0.00000243. The predicted molar refractivity (Wildman–Crippen MR) is 105 cm³/mol. The Morgan fingerprint density at radius 3 is 2.73 bits per heavy atom. The topological polar surface area (TPSA) is 85.3 Å². The van der Waals surface area contributed by atoms with E-state index in [1.54, 1.807) is 4.57 Å². The van der Waals surface area contributed by atoms with Crippen LogP contribution in [0.4, 0.5) is 4.39 Å². The number of halogens is 3. The zero-order valence-electron chi connectivity index (χ0n) is 14.0. The summed E-state index contributed by atoms with van der Waals surface area (Å²) in [7, 11) is 0. The lowest BCUT2D eigenvalue weighted by atomic mass is 10.1. The molecule has 0 bridgehead atoms. The van der Waals surface area contributed by atoms with Gasteiger partial charge in [-0.15, -0.1) is 24.2 Å². The van der Waals surface area contributed by atoms with Crippen LogP contribution in [0.15, 0.2) is 22.0 Å². The second-order valence-electron chi connectivity index (χ2n) is 6.19. The molecule has 0 aliphatic heterocycles. The van der Waals surface area contributed by atoms with Crippen LogP contribution in [-0.2, 0) is 0 Å². The third-order valence-corrected chi connectivity index (χ3v) is 6.07. The van der Waals surface area contributed by atoms with Gasteiger partial charge in [-0.25, -0.2) is 9.18 Å². The molecule has 1 heterocycles. The van der Waals surface area contributed by atoms with Crippen molar-refractivity contribution in [1.82, 2.24) is 4.57 Å². The maximum absolute atomic E-state index is 14.6. The predicted octanol–water partition coefficient (Wildman–Crippen LogP) is 4.08. The lowest BCUT2D eigenvalue weighted by Crippen LogP contribution is -2.21. The Morgan fingerprint density at radius 1 is 1.54 bits per heavy atom. The minimum atomic E-state index is -1.33. The van der Waals surface area contributed by atoms with Crippen molar-refractivity contribution in [3.05, 3.63) is 38.9 Å². The summed E-state index contributed by atoms with van der Waals surface area (Å²) >= 11 is 7.66. The first-order valence-corrected chi connectivity index (χ1v) is 9.40. The minimum Gasteiger partial charge on any atom is -0.477 e. The maximum atomic E-state index is 14.6. The van der Waals surface area contributed by atoms with E-state index in [9.17, 15) is 19.1 Å². The van der Waals surface area contributed by atoms with Crippen LogP contribution in [0.3, 0.4) is 0 Å². The number of rotatable bonds is 6. The van der Waals surface area contributed by atoms with E-state index in [-0.39, 0.29) is 45.4 Å². The molecule has 1 aliphatic carbocycles. The average Bonchev–Trinajstić information content (AvgIpc) is 3.39. The molecule has 5 nitrogen and oxygen atoms in total. The van der Waals surface area contributed by atoms with E-state index in [4.69, 9.17) is 17.3 Å². The summed E-state index contributed by atoms with van der Waals surface area (Å²) in [6, 6.07) is 1.09. The van der Waals surface area contributed by atoms with E-state index in [0.717, 1.165) is 25.3 Å². The summed E-state index contributed by atoms with van der Waals surface area (Å²) in [5, 5.41) is 9.40. The number of thioether (sulfide) groups is 1. The lowest BCUT2D eigenvalue weighted by molar-refractivity contribution is 0.0695. The van der Waals surface area contributed by atoms with Crippen LogP contribution in [0.5, 0.6) is 0 Å². The summed E-state index contributed by atoms with van der Waals surface area (Å²) in [6.45, 7) is 1.95. The van der Waals surface area contributed by atoms with Crippen LogP contribution >= 0.6 is 35.8 Å². The number of carboxylic acids is 1. The molecule has 1 aromatic carbocycles. The first kappa shape index (κ1) is 21.0. The minimum absolute atomic E-state index is 0. The molecule has 3 N–H and O–H groups in total. The highest BCUT2D eigenvalue weighted by Crippen LogP contribution is 2.42. The van der Waals surface area contributed by atoms with Crippen LogP contribution in [0.2, 0.25) is 5.02 Å². The van der Waals surface area contributed by atoms with E-state index < -0.39 is 17.2 Å². The van der Waals surface area contributed by atoms with Crippen LogP contribution in [0, 0.1) is 5.82 Å². The quantitative estimate of drug-likeness (QED) is 0.687.